The fraction of sp³-hybridized carbons (Fsp3) is 0.150. The number of rotatable bonds is 6. The number of hydrogen-bond acceptors (Lipinski definition) is 5. The Hall–Kier alpha value is -3.41. The molecule has 0 aliphatic rings. The van der Waals surface area contributed by atoms with Crippen LogP contribution < -0.4 is 14.8 Å². The minimum atomic E-state index is -0.285. The molecule has 1 N–H and O–H groups in total. The van der Waals surface area contributed by atoms with Crippen molar-refractivity contribution in [3.05, 3.63) is 71.9 Å². The molecule has 3 rings (SSSR count). The maximum Gasteiger partial charge on any atom is 0.272 e. The minimum Gasteiger partial charge on any atom is -0.493 e. The lowest BCUT2D eigenvalue weighted by Crippen LogP contribution is -2.24. The molecule has 6 heteroatoms. The van der Waals surface area contributed by atoms with Gasteiger partial charge in [0.15, 0.2) is 17.2 Å². The molecule has 0 unspecified atom stereocenters. The summed E-state index contributed by atoms with van der Waals surface area (Å²) < 4.78 is 10.5. The zero-order chi connectivity index (χ0) is 18.4. The molecule has 132 valence electrons. The van der Waals surface area contributed by atoms with Gasteiger partial charge in [-0.15, -0.1) is 10.2 Å². The van der Waals surface area contributed by atoms with Crippen LogP contribution in [0.4, 0.5) is 0 Å². The summed E-state index contributed by atoms with van der Waals surface area (Å²) in [6, 6.07) is 18.6. The van der Waals surface area contributed by atoms with Gasteiger partial charge in [-0.05, 0) is 29.8 Å². The Kier molecular flexibility index (Phi) is 5.43. The molecule has 0 spiro atoms. The monoisotopic (exact) mass is 349 g/mol. The second-order valence-electron chi connectivity index (χ2n) is 5.54. The molecular formula is C20H19N3O3. The first-order valence-corrected chi connectivity index (χ1v) is 8.09. The summed E-state index contributed by atoms with van der Waals surface area (Å²) in [7, 11) is 3.15. The highest BCUT2D eigenvalue weighted by Crippen LogP contribution is 2.27. The van der Waals surface area contributed by atoms with Crippen molar-refractivity contribution in [3.8, 4) is 22.8 Å². The standard InChI is InChI=1S/C20H19N3O3/c1-25-18-11-8-14(12-19(18)26-2)13-21-20(24)17-10-9-16(22-23-17)15-6-4-3-5-7-15/h3-12H,13H2,1-2H3,(H,21,24). The Balaban J connectivity index is 1.65. The van der Waals surface area contributed by atoms with E-state index in [0.717, 1.165) is 16.8 Å². The van der Waals surface area contributed by atoms with Crippen LogP contribution in [0, 0.1) is 0 Å². The van der Waals surface area contributed by atoms with Crippen LogP contribution in [0.2, 0.25) is 0 Å². The van der Waals surface area contributed by atoms with E-state index in [-0.39, 0.29) is 11.6 Å². The molecule has 0 saturated heterocycles. The molecule has 1 amide bonds. The third-order valence-electron chi connectivity index (χ3n) is 3.87. The van der Waals surface area contributed by atoms with Gasteiger partial charge in [0.2, 0.25) is 0 Å². The summed E-state index contributed by atoms with van der Waals surface area (Å²) in [5.74, 6) is 0.975. The third-order valence-corrected chi connectivity index (χ3v) is 3.87. The third kappa shape index (κ3) is 3.97. The molecule has 0 fully saturated rings. The van der Waals surface area contributed by atoms with Crippen molar-refractivity contribution >= 4 is 5.91 Å². The average Bonchev–Trinajstić information content (AvgIpc) is 2.72. The van der Waals surface area contributed by atoms with Crippen LogP contribution in [0.15, 0.2) is 60.7 Å². The molecule has 1 aromatic heterocycles. The second-order valence-corrected chi connectivity index (χ2v) is 5.54. The average molecular weight is 349 g/mol. The number of nitrogens with zero attached hydrogens (tertiary/aromatic N) is 2. The van der Waals surface area contributed by atoms with Crippen LogP contribution in [-0.2, 0) is 6.54 Å². The summed E-state index contributed by atoms with van der Waals surface area (Å²) in [6.07, 6.45) is 0. The number of benzene rings is 2. The van der Waals surface area contributed by atoms with Crippen molar-refractivity contribution < 1.29 is 14.3 Å². The summed E-state index contributed by atoms with van der Waals surface area (Å²) in [5, 5.41) is 11.0. The summed E-state index contributed by atoms with van der Waals surface area (Å²) in [4.78, 5) is 12.3. The van der Waals surface area contributed by atoms with Gasteiger partial charge in [-0.25, -0.2) is 0 Å². The molecule has 0 aliphatic carbocycles. The molecule has 0 bridgehead atoms. The molecule has 26 heavy (non-hydrogen) atoms. The molecule has 1 heterocycles. The van der Waals surface area contributed by atoms with Crippen molar-refractivity contribution in [2.75, 3.05) is 14.2 Å². The van der Waals surface area contributed by atoms with Gasteiger partial charge in [-0.3, -0.25) is 4.79 Å². The Morgan fingerprint density at radius 2 is 1.69 bits per heavy atom. The van der Waals surface area contributed by atoms with Gasteiger partial charge in [0.05, 0.1) is 19.9 Å². The Morgan fingerprint density at radius 1 is 0.923 bits per heavy atom. The first-order chi connectivity index (χ1) is 12.7. The van der Waals surface area contributed by atoms with E-state index in [2.05, 4.69) is 15.5 Å². The van der Waals surface area contributed by atoms with Crippen molar-refractivity contribution in [1.82, 2.24) is 15.5 Å². The summed E-state index contributed by atoms with van der Waals surface area (Å²) >= 11 is 0. The minimum absolute atomic E-state index is 0.269. The Morgan fingerprint density at radius 3 is 2.35 bits per heavy atom. The molecule has 0 aliphatic heterocycles. The SMILES string of the molecule is COc1ccc(CNC(=O)c2ccc(-c3ccccc3)nn2)cc1OC. The lowest BCUT2D eigenvalue weighted by atomic mass is 10.1. The van der Waals surface area contributed by atoms with Crippen molar-refractivity contribution in [2.24, 2.45) is 0 Å². The first kappa shape index (κ1) is 17.4. The van der Waals surface area contributed by atoms with Crippen molar-refractivity contribution in [2.45, 2.75) is 6.54 Å². The lowest BCUT2D eigenvalue weighted by molar-refractivity contribution is 0.0945. The van der Waals surface area contributed by atoms with Crippen LogP contribution in [0.3, 0.4) is 0 Å². The number of carbonyl (C=O) groups excluding carboxylic acids is 1. The molecule has 0 saturated carbocycles. The first-order valence-electron chi connectivity index (χ1n) is 8.09. The normalized spacial score (nSPS) is 10.2. The van der Waals surface area contributed by atoms with E-state index in [0.29, 0.717) is 18.0 Å². The fourth-order valence-corrected chi connectivity index (χ4v) is 2.48. The zero-order valence-corrected chi connectivity index (χ0v) is 14.6. The number of carbonyl (C=O) groups is 1. The van der Waals surface area contributed by atoms with Crippen molar-refractivity contribution in [3.63, 3.8) is 0 Å². The molecule has 2 aromatic carbocycles. The summed E-state index contributed by atoms with van der Waals surface area (Å²) in [5.41, 5.74) is 2.84. The van der Waals surface area contributed by atoms with E-state index in [1.165, 1.54) is 0 Å². The number of methoxy groups -OCH3 is 2. The highest BCUT2D eigenvalue weighted by atomic mass is 16.5. The number of aromatic nitrogens is 2. The van der Waals surface area contributed by atoms with E-state index in [4.69, 9.17) is 9.47 Å². The highest BCUT2D eigenvalue weighted by molar-refractivity contribution is 5.92. The lowest BCUT2D eigenvalue weighted by Gasteiger charge is -2.10. The quantitative estimate of drug-likeness (QED) is 0.740. The van der Waals surface area contributed by atoms with E-state index in [1.54, 1.807) is 32.4 Å². The largest absolute Gasteiger partial charge is 0.493 e. The van der Waals surface area contributed by atoms with Crippen LogP contribution >= 0.6 is 0 Å². The highest BCUT2D eigenvalue weighted by Gasteiger charge is 2.10. The van der Waals surface area contributed by atoms with Gasteiger partial charge < -0.3 is 14.8 Å². The summed E-state index contributed by atoms with van der Waals surface area (Å²) in [6.45, 7) is 0.349. The van der Waals surface area contributed by atoms with Gasteiger partial charge in [-0.1, -0.05) is 36.4 Å². The van der Waals surface area contributed by atoms with Gasteiger partial charge in [0, 0.05) is 12.1 Å². The maximum atomic E-state index is 12.3. The smallest absolute Gasteiger partial charge is 0.272 e. The van der Waals surface area contributed by atoms with E-state index >= 15 is 0 Å². The molecular weight excluding hydrogens is 330 g/mol. The van der Waals surface area contributed by atoms with Gasteiger partial charge in [0.1, 0.15) is 0 Å². The number of nitrogens with one attached hydrogen (secondary N) is 1. The zero-order valence-electron chi connectivity index (χ0n) is 14.6. The number of amides is 1. The second kappa shape index (κ2) is 8.11. The Labute approximate surface area is 151 Å². The van der Waals surface area contributed by atoms with Gasteiger partial charge in [0.25, 0.3) is 5.91 Å². The maximum absolute atomic E-state index is 12.3. The molecule has 0 atom stereocenters. The van der Waals surface area contributed by atoms with Gasteiger partial charge in [-0.2, -0.15) is 0 Å². The van der Waals surface area contributed by atoms with E-state index < -0.39 is 0 Å². The van der Waals surface area contributed by atoms with Crippen LogP contribution in [0.5, 0.6) is 11.5 Å². The van der Waals surface area contributed by atoms with Gasteiger partial charge >= 0.3 is 0 Å². The van der Waals surface area contributed by atoms with Crippen LogP contribution in [-0.4, -0.2) is 30.3 Å². The topological polar surface area (TPSA) is 73.3 Å². The molecule has 6 nitrogen and oxygen atoms in total. The van der Waals surface area contributed by atoms with E-state index in [1.807, 2.05) is 42.5 Å². The van der Waals surface area contributed by atoms with Crippen molar-refractivity contribution in [1.29, 1.82) is 0 Å². The predicted octanol–water partition coefficient (Wildman–Crippen LogP) is 3.09. The number of ether oxygens (including phenoxy) is 2. The van der Waals surface area contributed by atoms with Crippen LogP contribution in [0.1, 0.15) is 16.1 Å². The van der Waals surface area contributed by atoms with Crippen LogP contribution in [0.25, 0.3) is 11.3 Å². The fourth-order valence-electron chi connectivity index (χ4n) is 2.48. The van der Waals surface area contributed by atoms with E-state index in [9.17, 15) is 4.79 Å². The number of hydrogen-bond donors (Lipinski definition) is 1. The Bertz CT molecular complexity index is 881. The molecule has 3 aromatic rings. The predicted molar refractivity (Wildman–Crippen MR) is 98.2 cm³/mol. The molecule has 0 radical (unpaired) electrons.